The summed E-state index contributed by atoms with van der Waals surface area (Å²) < 4.78 is 94.1. The van der Waals surface area contributed by atoms with Gasteiger partial charge in [0.05, 0.1) is 16.6 Å². The van der Waals surface area contributed by atoms with E-state index in [-0.39, 0.29) is 29.5 Å². The van der Waals surface area contributed by atoms with Gasteiger partial charge in [0.15, 0.2) is 5.65 Å². The van der Waals surface area contributed by atoms with Crippen LogP contribution in [-0.2, 0) is 10.0 Å². The van der Waals surface area contributed by atoms with E-state index in [1.54, 1.807) is 28.8 Å². The first kappa shape index (κ1) is 26.5. The molecule has 0 saturated carbocycles. The molecule has 1 fully saturated rings. The monoisotopic (exact) mass is 557 g/mol. The van der Waals surface area contributed by atoms with Gasteiger partial charge in [-0.3, -0.25) is 0 Å². The third-order valence-corrected chi connectivity index (χ3v) is 8.48. The molecule has 0 radical (unpaired) electrons. The van der Waals surface area contributed by atoms with Gasteiger partial charge >= 0.3 is 12.1 Å². The SMILES string of the molecule is CC(O)c1nc2cnc3c(ccn3S(=O)(=O)c3ccccc3)c2n1[C@H]1CCN(CCC(F)(F)C(F)(F)F)C1. The first-order chi connectivity index (χ1) is 17.8. The summed E-state index contributed by atoms with van der Waals surface area (Å²) >= 11 is 0. The molecule has 0 bridgehead atoms. The van der Waals surface area contributed by atoms with Crippen molar-refractivity contribution in [3.05, 3.63) is 54.6 Å². The zero-order chi connectivity index (χ0) is 27.5. The summed E-state index contributed by atoms with van der Waals surface area (Å²) in [6.45, 7) is 1.48. The Morgan fingerprint density at radius 1 is 1.13 bits per heavy atom. The molecule has 1 unspecified atom stereocenters. The Morgan fingerprint density at radius 2 is 1.84 bits per heavy atom. The maximum atomic E-state index is 13.5. The van der Waals surface area contributed by atoms with E-state index in [0.717, 1.165) is 3.97 Å². The third kappa shape index (κ3) is 4.43. The first-order valence-corrected chi connectivity index (χ1v) is 13.3. The molecule has 2 atom stereocenters. The number of aliphatic hydroxyl groups excluding tert-OH is 1. The highest BCUT2D eigenvalue weighted by Crippen LogP contribution is 2.39. The van der Waals surface area contributed by atoms with E-state index in [4.69, 9.17) is 0 Å². The van der Waals surface area contributed by atoms with Crippen molar-refractivity contribution in [3.8, 4) is 0 Å². The fourth-order valence-corrected chi connectivity index (χ4v) is 6.22. The topological polar surface area (TPSA) is 93.3 Å². The third-order valence-electron chi connectivity index (χ3n) is 6.80. The van der Waals surface area contributed by atoms with Gasteiger partial charge in [-0.1, -0.05) is 18.2 Å². The van der Waals surface area contributed by atoms with Crippen molar-refractivity contribution < 1.29 is 35.5 Å². The molecule has 5 rings (SSSR count). The number of nitrogens with zero attached hydrogens (tertiary/aromatic N) is 5. The molecular formula is C24H24F5N5O3S. The second-order valence-electron chi connectivity index (χ2n) is 9.37. The van der Waals surface area contributed by atoms with Crippen LogP contribution in [-0.4, -0.2) is 68.7 Å². The van der Waals surface area contributed by atoms with E-state index < -0.39 is 47.2 Å². The summed E-state index contributed by atoms with van der Waals surface area (Å²) in [5.74, 6) is -4.52. The highest BCUT2D eigenvalue weighted by atomic mass is 32.2. The average Bonchev–Trinajstić information content (AvgIpc) is 3.58. The lowest BCUT2D eigenvalue weighted by atomic mass is 10.2. The molecule has 3 aromatic heterocycles. The van der Waals surface area contributed by atoms with Gasteiger partial charge in [-0.15, -0.1) is 0 Å². The van der Waals surface area contributed by atoms with Crippen LogP contribution in [0.1, 0.15) is 37.7 Å². The van der Waals surface area contributed by atoms with E-state index in [9.17, 15) is 35.5 Å². The lowest BCUT2D eigenvalue weighted by molar-refractivity contribution is -0.284. The lowest BCUT2D eigenvalue weighted by Crippen LogP contribution is -2.39. The van der Waals surface area contributed by atoms with Crippen LogP contribution in [0, 0.1) is 0 Å². The minimum Gasteiger partial charge on any atom is -0.385 e. The number of imidazole rings is 1. The van der Waals surface area contributed by atoms with Gasteiger partial charge < -0.3 is 14.6 Å². The smallest absolute Gasteiger partial charge is 0.385 e. The molecule has 0 aliphatic carbocycles. The largest absolute Gasteiger partial charge is 0.453 e. The first-order valence-electron chi connectivity index (χ1n) is 11.8. The molecule has 0 spiro atoms. The molecule has 8 nitrogen and oxygen atoms in total. The summed E-state index contributed by atoms with van der Waals surface area (Å²) in [5, 5.41) is 10.9. The zero-order valence-corrected chi connectivity index (χ0v) is 20.9. The van der Waals surface area contributed by atoms with Gasteiger partial charge in [0.2, 0.25) is 0 Å². The van der Waals surface area contributed by atoms with E-state index >= 15 is 0 Å². The number of pyridine rings is 1. The van der Waals surface area contributed by atoms with E-state index in [1.807, 2.05) is 0 Å². The number of halogens is 5. The van der Waals surface area contributed by atoms with E-state index in [2.05, 4.69) is 9.97 Å². The van der Waals surface area contributed by atoms with Crippen molar-refractivity contribution >= 4 is 32.1 Å². The second-order valence-corrected chi connectivity index (χ2v) is 11.2. The number of benzene rings is 1. The number of fused-ring (bicyclic) bond motifs is 3. The quantitative estimate of drug-likeness (QED) is 0.336. The van der Waals surface area contributed by atoms with Gasteiger partial charge in [-0.25, -0.2) is 22.4 Å². The fourth-order valence-electron chi connectivity index (χ4n) is 4.90. The van der Waals surface area contributed by atoms with Gasteiger partial charge in [0.25, 0.3) is 10.0 Å². The molecule has 1 aliphatic rings. The van der Waals surface area contributed by atoms with Crippen LogP contribution in [0.15, 0.2) is 53.7 Å². The predicted octanol–water partition coefficient (Wildman–Crippen LogP) is 4.51. The Bertz CT molecular complexity index is 1580. The Balaban J connectivity index is 1.54. The van der Waals surface area contributed by atoms with Crippen LogP contribution in [0.25, 0.3) is 22.1 Å². The van der Waals surface area contributed by atoms with Crippen LogP contribution in [0.4, 0.5) is 22.0 Å². The fraction of sp³-hybridized carbons (Fsp3) is 0.417. The van der Waals surface area contributed by atoms with Crippen molar-refractivity contribution in [2.24, 2.45) is 0 Å². The highest BCUT2D eigenvalue weighted by molar-refractivity contribution is 7.90. The predicted molar refractivity (Wildman–Crippen MR) is 128 cm³/mol. The molecule has 204 valence electrons. The molecular weight excluding hydrogens is 533 g/mol. The van der Waals surface area contributed by atoms with Crippen molar-refractivity contribution in [1.82, 2.24) is 23.4 Å². The zero-order valence-electron chi connectivity index (χ0n) is 20.1. The minimum absolute atomic E-state index is 0.0691. The van der Waals surface area contributed by atoms with Gasteiger partial charge in [0, 0.05) is 43.7 Å². The number of alkyl halides is 5. The number of likely N-dealkylation sites (tertiary alicyclic amines) is 1. The molecule has 14 heteroatoms. The Kier molecular flexibility index (Phi) is 6.47. The molecule has 1 aliphatic heterocycles. The van der Waals surface area contributed by atoms with Crippen LogP contribution in [0.5, 0.6) is 0 Å². The molecule has 0 amide bonds. The highest BCUT2D eigenvalue weighted by Gasteiger charge is 2.57. The Hall–Kier alpha value is -3.10. The van der Waals surface area contributed by atoms with Crippen molar-refractivity contribution in [2.45, 2.75) is 48.9 Å². The molecule has 1 saturated heterocycles. The minimum atomic E-state index is -5.61. The second kappa shape index (κ2) is 9.27. The molecule has 1 N–H and O–H groups in total. The summed E-state index contributed by atoms with van der Waals surface area (Å²) in [6.07, 6.45) is -4.82. The number of hydrogen-bond donors (Lipinski definition) is 1. The maximum Gasteiger partial charge on any atom is 0.453 e. The molecule has 4 aromatic rings. The van der Waals surface area contributed by atoms with E-state index in [0.29, 0.717) is 22.8 Å². The van der Waals surface area contributed by atoms with Gasteiger partial charge in [-0.2, -0.15) is 22.0 Å². The van der Waals surface area contributed by atoms with Gasteiger partial charge in [-0.05, 0) is 31.5 Å². The van der Waals surface area contributed by atoms with Crippen LogP contribution in [0.2, 0.25) is 0 Å². The summed E-state index contributed by atoms with van der Waals surface area (Å²) in [7, 11) is -3.97. The van der Waals surface area contributed by atoms with Crippen LogP contribution < -0.4 is 0 Å². The molecule has 1 aromatic carbocycles. The Labute approximate surface area is 214 Å². The van der Waals surface area contributed by atoms with Crippen LogP contribution >= 0.6 is 0 Å². The van der Waals surface area contributed by atoms with Gasteiger partial charge in [0.1, 0.15) is 17.4 Å². The van der Waals surface area contributed by atoms with Crippen molar-refractivity contribution in [1.29, 1.82) is 0 Å². The number of rotatable bonds is 7. The van der Waals surface area contributed by atoms with Crippen LogP contribution in [0.3, 0.4) is 0 Å². The standard InChI is InChI=1S/C24H24F5N5O3S/c1-15(35)21-31-19-13-30-22-18(8-11-33(22)38(36,37)17-5-3-2-4-6-17)20(19)34(21)16-7-10-32(14-16)12-9-23(25,26)24(27,28)29/h2-6,8,11,13,15-16,35H,7,9-10,12,14H2,1H3/t15?,16-/m0/s1. The summed E-state index contributed by atoms with van der Waals surface area (Å²) in [6, 6.07) is 9.00. The molecule has 4 heterocycles. The van der Waals surface area contributed by atoms with Crippen molar-refractivity contribution in [3.63, 3.8) is 0 Å². The number of hydrogen-bond acceptors (Lipinski definition) is 6. The molecule has 38 heavy (non-hydrogen) atoms. The normalized spacial score (nSPS) is 18.6. The maximum absolute atomic E-state index is 13.5. The number of aliphatic hydroxyl groups is 1. The summed E-state index contributed by atoms with van der Waals surface area (Å²) in [5.41, 5.74) is 1.03. The van der Waals surface area contributed by atoms with Crippen molar-refractivity contribution in [2.75, 3.05) is 19.6 Å². The van der Waals surface area contributed by atoms with E-state index in [1.165, 1.54) is 36.4 Å². The lowest BCUT2D eigenvalue weighted by Gasteiger charge is -2.23. The average molecular weight is 558 g/mol. The summed E-state index contributed by atoms with van der Waals surface area (Å²) in [4.78, 5) is 10.4. The number of aromatic nitrogens is 4. The Morgan fingerprint density at radius 3 is 2.50 bits per heavy atom.